The zero-order valence-corrected chi connectivity index (χ0v) is 27.2. The maximum Gasteiger partial charge on any atom is 0.435 e. The molecule has 47 heavy (non-hydrogen) atoms. The Labute approximate surface area is 275 Å². The van der Waals surface area contributed by atoms with E-state index in [0.29, 0.717) is 26.2 Å². The molecule has 2 saturated carbocycles. The van der Waals surface area contributed by atoms with Gasteiger partial charge in [0.15, 0.2) is 11.5 Å². The highest BCUT2D eigenvalue weighted by Gasteiger charge is 2.40. The molecule has 3 aliphatic rings. The Hall–Kier alpha value is -4.40. The molecule has 2 aromatic heterocycles. The molecule has 2 aliphatic carbocycles. The van der Waals surface area contributed by atoms with Crippen LogP contribution in [0.5, 0.6) is 0 Å². The van der Waals surface area contributed by atoms with Crippen molar-refractivity contribution in [3.05, 3.63) is 52.7 Å². The van der Waals surface area contributed by atoms with Crippen LogP contribution in [0.3, 0.4) is 0 Å². The number of amides is 4. The average molecular weight is 679 g/mol. The number of anilines is 1. The molecule has 0 bridgehead atoms. The normalized spacial score (nSPS) is 17.0. The highest BCUT2D eigenvalue weighted by Crippen LogP contribution is 2.41. The number of nitrogens with zero attached hydrogens (tertiary/aromatic N) is 6. The van der Waals surface area contributed by atoms with Gasteiger partial charge in [-0.3, -0.25) is 14.3 Å². The number of carbonyl (C=O) groups is 4. The summed E-state index contributed by atoms with van der Waals surface area (Å²) in [7, 11) is 1.44. The van der Waals surface area contributed by atoms with Gasteiger partial charge in [0.25, 0.3) is 11.8 Å². The Bertz CT molecular complexity index is 1620. The van der Waals surface area contributed by atoms with Crippen LogP contribution in [-0.4, -0.2) is 79.9 Å². The number of hydrogen-bond acceptors (Lipinski definition) is 6. The number of alkyl halides is 3. The molecule has 12 nitrogen and oxygen atoms in total. The second-order valence-corrected chi connectivity index (χ2v) is 12.8. The predicted molar refractivity (Wildman–Crippen MR) is 169 cm³/mol. The lowest BCUT2D eigenvalue weighted by atomic mass is 9.72. The summed E-state index contributed by atoms with van der Waals surface area (Å²) in [6.45, 7) is 7.88. The van der Waals surface area contributed by atoms with Gasteiger partial charge in [-0.1, -0.05) is 31.9 Å². The summed E-state index contributed by atoms with van der Waals surface area (Å²) in [4.78, 5) is 52.2. The summed E-state index contributed by atoms with van der Waals surface area (Å²) in [5, 5.41) is 6.45. The number of hydrogen-bond donors (Lipinski definition) is 2. The molecule has 1 aromatic carbocycles. The lowest BCUT2D eigenvalue weighted by Crippen LogP contribution is -2.52. The number of benzene rings is 1. The Morgan fingerprint density at radius 3 is 2.15 bits per heavy atom. The molecule has 16 heteroatoms. The summed E-state index contributed by atoms with van der Waals surface area (Å²) >= 11 is 6.34. The van der Waals surface area contributed by atoms with Crippen LogP contribution in [0.2, 0.25) is 5.02 Å². The molecule has 1 saturated heterocycles. The highest BCUT2D eigenvalue weighted by atomic mass is 35.5. The van der Waals surface area contributed by atoms with Gasteiger partial charge in [0.2, 0.25) is 0 Å². The average Bonchev–Trinajstić information content (AvgIpc) is 3.64. The van der Waals surface area contributed by atoms with E-state index in [2.05, 4.69) is 29.2 Å². The van der Waals surface area contributed by atoms with Crippen molar-refractivity contribution < 1.29 is 32.3 Å². The standard InChI is InChI=1S/C24H24ClF3N8O3.C6H12.CH2O/c1-33-18(16-12-36(14-3-4-14)32-19(16)24(26,27)28)11-30-20(33)21(37)31-13-2-5-15(17(25)10-13)22(38)34-6-8-35(9-7-34)23(29)39;1-6(2)4-3-5-6;1-2/h2,5,10-12,14H,3-4,6-9H2,1H3,(H2,29,39)(H,31,37);3-5H2,1-2H3;1H2. The molecule has 3 N–H and O–H groups in total. The van der Waals surface area contributed by atoms with Crippen LogP contribution < -0.4 is 11.1 Å². The zero-order valence-electron chi connectivity index (χ0n) is 26.4. The number of urea groups is 1. The second kappa shape index (κ2) is 14.2. The second-order valence-electron chi connectivity index (χ2n) is 12.4. The van der Waals surface area contributed by atoms with Crippen molar-refractivity contribution in [1.82, 2.24) is 29.1 Å². The molecule has 1 aliphatic heterocycles. The van der Waals surface area contributed by atoms with E-state index in [1.165, 1.54) is 71.1 Å². The minimum Gasteiger partial charge on any atom is -0.351 e. The van der Waals surface area contributed by atoms with Crippen molar-refractivity contribution in [1.29, 1.82) is 0 Å². The largest absolute Gasteiger partial charge is 0.435 e. The minimum absolute atomic E-state index is 0.0600. The topological polar surface area (TPSA) is 148 Å². The first-order chi connectivity index (χ1) is 22.1. The fraction of sp³-hybridized carbons (Fsp3) is 0.484. The van der Waals surface area contributed by atoms with E-state index < -0.39 is 23.8 Å². The number of halogens is 4. The number of aromatic nitrogens is 4. The van der Waals surface area contributed by atoms with Gasteiger partial charge in [-0.05, 0) is 49.3 Å². The highest BCUT2D eigenvalue weighted by molar-refractivity contribution is 6.34. The van der Waals surface area contributed by atoms with Gasteiger partial charge < -0.3 is 30.2 Å². The number of imidazole rings is 1. The first kappa shape index (κ1) is 35.5. The summed E-state index contributed by atoms with van der Waals surface area (Å²) in [6.07, 6.45) is 3.75. The fourth-order valence-electron chi connectivity index (χ4n) is 5.32. The molecule has 3 aromatic rings. The first-order valence-corrected chi connectivity index (χ1v) is 15.4. The molecular formula is C31H38ClF3N8O4. The number of nitrogens with two attached hydrogens (primary N) is 1. The molecule has 6 rings (SSSR count). The van der Waals surface area contributed by atoms with Gasteiger partial charge in [0, 0.05) is 45.1 Å². The summed E-state index contributed by atoms with van der Waals surface area (Å²) < 4.78 is 43.6. The number of nitrogens with one attached hydrogen (secondary N) is 1. The van der Waals surface area contributed by atoms with Crippen LogP contribution >= 0.6 is 11.6 Å². The van der Waals surface area contributed by atoms with Crippen LogP contribution in [0.4, 0.5) is 23.7 Å². The predicted octanol–water partition coefficient (Wildman–Crippen LogP) is 5.39. The molecular weight excluding hydrogens is 641 g/mol. The third-order valence-corrected chi connectivity index (χ3v) is 8.74. The first-order valence-electron chi connectivity index (χ1n) is 15.1. The third-order valence-electron chi connectivity index (χ3n) is 8.43. The van der Waals surface area contributed by atoms with Crippen LogP contribution in [0, 0.1) is 5.41 Å². The van der Waals surface area contributed by atoms with Crippen molar-refractivity contribution in [3.63, 3.8) is 0 Å². The molecule has 0 spiro atoms. The Kier molecular flexibility index (Phi) is 10.7. The maximum absolute atomic E-state index is 13.7. The van der Waals surface area contributed by atoms with Crippen molar-refractivity contribution in [3.8, 4) is 11.3 Å². The van der Waals surface area contributed by atoms with E-state index in [9.17, 15) is 27.6 Å². The Balaban J connectivity index is 0.000000554. The van der Waals surface area contributed by atoms with Crippen molar-refractivity contribution in [2.24, 2.45) is 18.2 Å². The van der Waals surface area contributed by atoms with Gasteiger partial charge >= 0.3 is 12.2 Å². The van der Waals surface area contributed by atoms with Gasteiger partial charge in [0.05, 0.1) is 34.1 Å². The van der Waals surface area contributed by atoms with Crippen LogP contribution in [0.1, 0.15) is 78.7 Å². The summed E-state index contributed by atoms with van der Waals surface area (Å²) in [5.41, 5.74) is 5.37. The summed E-state index contributed by atoms with van der Waals surface area (Å²) in [5.74, 6) is -1.13. The lowest BCUT2D eigenvalue weighted by Gasteiger charge is -2.33. The fourth-order valence-corrected chi connectivity index (χ4v) is 5.58. The zero-order chi connectivity index (χ0) is 34.7. The number of primary amides is 1. The molecule has 254 valence electrons. The summed E-state index contributed by atoms with van der Waals surface area (Å²) in [6, 6.07) is 3.75. The van der Waals surface area contributed by atoms with Crippen molar-refractivity contribution in [2.75, 3.05) is 31.5 Å². The SMILES string of the molecule is C=O.CC1(C)CCC1.Cn1c(-c2cn(C3CC3)nc2C(F)(F)F)cnc1C(=O)Nc1ccc(C(=O)N2CCN(C(N)=O)CC2)c(Cl)c1. The number of piperazine rings is 1. The Morgan fingerprint density at radius 2 is 1.66 bits per heavy atom. The maximum atomic E-state index is 13.7. The quantitative estimate of drug-likeness (QED) is 0.370. The molecule has 3 heterocycles. The van der Waals surface area contributed by atoms with Gasteiger partial charge in [-0.2, -0.15) is 18.3 Å². The molecule has 4 amide bonds. The van der Waals surface area contributed by atoms with Crippen LogP contribution in [0.25, 0.3) is 11.3 Å². The minimum atomic E-state index is -4.67. The van der Waals surface area contributed by atoms with Gasteiger partial charge in [0.1, 0.15) is 6.79 Å². The lowest BCUT2D eigenvalue weighted by molar-refractivity contribution is -0.141. The molecule has 0 atom stereocenters. The Morgan fingerprint density at radius 1 is 1.06 bits per heavy atom. The number of carbonyl (C=O) groups excluding carboxylic acids is 4. The van der Waals surface area contributed by atoms with E-state index in [1.807, 2.05) is 6.79 Å². The van der Waals surface area contributed by atoms with E-state index in [1.54, 1.807) is 4.90 Å². The van der Waals surface area contributed by atoms with Crippen LogP contribution in [-0.2, 0) is 18.0 Å². The van der Waals surface area contributed by atoms with E-state index in [0.717, 1.165) is 18.3 Å². The molecule has 3 fully saturated rings. The third kappa shape index (κ3) is 8.31. The van der Waals surface area contributed by atoms with Crippen LogP contribution in [0.15, 0.2) is 30.6 Å². The number of rotatable bonds is 5. The monoisotopic (exact) mass is 678 g/mol. The van der Waals surface area contributed by atoms with Gasteiger partial charge in [-0.15, -0.1) is 0 Å². The van der Waals surface area contributed by atoms with E-state index >= 15 is 0 Å². The van der Waals surface area contributed by atoms with Crippen molar-refractivity contribution >= 4 is 41.9 Å². The van der Waals surface area contributed by atoms with Gasteiger partial charge in [-0.25, -0.2) is 9.78 Å². The van der Waals surface area contributed by atoms with Crippen molar-refractivity contribution in [2.45, 2.75) is 58.2 Å². The molecule has 0 radical (unpaired) electrons. The smallest absolute Gasteiger partial charge is 0.351 e. The van der Waals surface area contributed by atoms with E-state index in [4.69, 9.17) is 22.1 Å². The van der Waals surface area contributed by atoms with E-state index in [-0.39, 0.29) is 45.3 Å². The molecule has 0 unspecified atom stereocenters.